The number of carbonyl (C=O) groups is 1. The Morgan fingerprint density at radius 2 is 2.00 bits per heavy atom. The van der Waals surface area contributed by atoms with Crippen molar-refractivity contribution < 1.29 is 4.79 Å². The molecule has 1 N–H and O–H groups in total. The van der Waals surface area contributed by atoms with Gasteiger partial charge in [-0.05, 0) is 51.6 Å². The zero-order valence-electron chi connectivity index (χ0n) is 16.1. The maximum atomic E-state index is 13.0. The van der Waals surface area contributed by atoms with Crippen molar-refractivity contribution in [3.63, 3.8) is 0 Å². The highest BCUT2D eigenvalue weighted by atomic mass is 16.2. The Bertz CT molecular complexity index is 748. The number of imidazole rings is 1. The Labute approximate surface area is 155 Å². The molecule has 1 saturated heterocycles. The summed E-state index contributed by atoms with van der Waals surface area (Å²) < 4.78 is 1.89. The second-order valence-corrected chi connectivity index (χ2v) is 7.31. The first-order valence-electron chi connectivity index (χ1n) is 9.25. The smallest absolute Gasteiger partial charge is 0.244 e. The highest BCUT2D eigenvalue weighted by Gasteiger charge is 2.27. The molecule has 2 aromatic rings. The number of aryl methyl sites for hydroxylation is 1. The van der Waals surface area contributed by atoms with Crippen LogP contribution in [0.25, 0.3) is 0 Å². The van der Waals surface area contributed by atoms with Crippen LogP contribution in [0.4, 0.5) is 5.69 Å². The molecule has 0 unspecified atom stereocenters. The number of anilines is 1. The lowest BCUT2D eigenvalue weighted by Crippen LogP contribution is -2.39. The molecule has 0 aliphatic carbocycles. The number of carbonyl (C=O) groups excluding carboxylic acids is 1. The van der Waals surface area contributed by atoms with Gasteiger partial charge in [-0.25, -0.2) is 4.98 Å². The topological polar surface area (TPSA) is 53.4 Å². The summed E-state index contributed by atoms with van der Waals surface area (Å²) in [6.07, 6.45) is 5.99. The molecular formula is C20H29N5O. The van der Waals surface area contributed by atoms with Crippen molar-refractivity contribution in [2.75, 3.05) is 32.1 Å². The molecule has 6 heteroatoms. The molecule has 1 aliphatic heterocycles. The number of aromatic nitrogens is 2. The molecule has 0 radical (unpaired) electrons. The number of rotatable bonds is 6. The summed E-state index contributed by atoms with van der Waals surface area (Å²) >= 11 is 0. The molecule has 0 spiro atoms. The molecule has 1 aliphatic rings. The Balaban J connectivity index is 1.74. The van der Waals surface area contributed by atoms with Gasteiger partial charge in [-0.3, -0.25) is 9.69 Å². The Morgan fingerprint density at radius 1 is 1.27 bits per heavy atom. The molecule has 2 atom stereocenters. The SMILES string of the molecule is C[C@@H](NC(=O)[C@H](c1cncn1C)N(C)C)c1cccc(N2CCCC2)c1. The summed E-state index contributed by atoms with van der Waals surface area (Å²) in [5, 5.41) is 3.17. The van der Waals surface area contributed by atoms with Gasteiger partial charge in [0.1, 0.15) is 6.04 Å². The van der Waals surface area contributed by atoms with E-state index in [-0.39, 0.29) is 18.0 Å². The summed E-state index contributed by atoms with van der Waals surface area (Å²) in [6.45, 7) is 4.28. The van der Waals surface area contributed by atoms with E-state index in [4.69, 9.17) is 0 Å². The third kappa shape index (κ3) is 3.90. The van der Waals surface area contributed by atoms with Gasteiger partial charge >= 0.3 is 0 Å². The van der Waals surface area contributed by atoms with E-state index >= 15 is 0 Å². The van der Waals surface area contributed by atoms with E-state index in [9.17, 15) is 4.79 Å². The number of hydrogen-bond acceptors (Lipinski definition) is 4. The van der Waals surface area contributed by atoms with Crippen LogP contribution in [0, 0.1) is 0 Å². The molecule has 0 saturated carbocycles. The number of likely N-dealkylation sites (N-methyl/N-ethyl adjacent to an activating group) is 1. The maximum Gasteiger partial charge on any atom is 0.244 e. The van der Waals surface area contributed by atoms with Gasteiger partial charge in [-0.15, -0.1) is 0 Å². The van der Waals surface area contributed by atoms with Gasteiger partial charge in [0.05, 0.1) is 24.3 Å². The molecular weight excluding hydrogens is 326 g/mol. The van der Waals surface area contributed by atoms with Gasteiger partial charge in [0, 0.05) is 25.8 Å². The molecule has 1 aromatic heterocycles. The zero-order chi connectivity index (χ0) is 18.7. The van der Waals surface area contributed by atoms with Crippen molar-refractivity contribution in [1.29, 1.82) is 0 Å². The zero-order valence-corrected chi connectivity index (χ0v) is 16.1. The van der Waals surface area contributed by atoms with Crippen molar-refractivity contribution in [1.82, 2.24) is 19.8 Å². The minimum atomic E-state index is -0.369. The molecule has 3 rings (SSSR count). The Kier molecular flexibility index (Phi) is 5.61. The number of hydrogen-bond donors (Lipinski definition) is 1. The van der Waals surface area contributed by atoms with Gasteiger partial charge in [-0.1, -0.05) is 12.1 Å². The number of benzene rings is 1. The molecule has 26 heavy (non-hydrogen) atoms. The van der Waals surface area contributed by atoms with Crippen LogP contribution in [-0.2, 0) is 11.8 Å². The maximum absolute atomic E-state index is 13.0. The standard InChI is InChI=1S/C20H29N5O/c1-15(16-8-7-9-17(12-16)25-10-5-6-11-25)22-20(26)19(23(2)3)18-13-21-14-24(18)4/h7-9,12-15,19H,5-6,10-11H2,1-4H3,(H,22,26)/t15-,19+/m1/s1. The fourth-order valence-electron chi connectivity index (χ4n) is 3.61. The van der Waals surface area contributed by atoms with E-state index in [1.54, 1.807) is 12.5 Å². The van der Waals surface area contributed by atoms with Crippen LogP contribution < -0.4 is 10.2 Å². The van der Waals surface area contributed by atoms with E-state index < -0.39 is 0 Å². The van der Waals surface area contributed by atoms with Crippen LogP contribution in [0.5, 0.6) is 0 Å². The van der Waals surface area contributed by atoms with Crippen LogP contribution in [0.3, 0.4) is 0 Å². The van der Waals surface area contributed by atoms with Crippen LogP contribution in [-0.4, -0.2) is 47.5 Å². The van der Waals surface area contributed by atoms with Crippen molar-refractivity contribution >= 4 is 11.6 Å². The normalized spacial score (nSPS) is 16.7. The molecule has 1 fully saturated rings. The first-order valence-corrected chi connectivity index (χ1v) is 9.25. The first kappa shape index (κ1) is 18.5. The van der Waals surface area contributed by atoms with Gasteiger partial charge in [-0.2, -0.15) is 0 Å². The summed E-state index contributed by atoms with van der Waals surface area (Å²) in [5.74, 6) is -0.0160. The molecule has 1 amide bonds. The molecule has 140 valence electrons. The van der Waals surface area contributed by atoms with Gasteiger partial charge < -0.3 is 14.8 Å². The number of nitrogens with zero attached hydrogens (tertiary/aromatic N) is 4. The van der Waals surface area contributed by atoms with Crippen LogP contribution in [0.15, 0.2) is 36.8 Å². The van der Waals surface area contributed by atoms with E-state index in [0.717, 1.165) is 24.3 Å². The van der Waals surface area contributed by atoms with Crippen LogP contribution >= 0.6 is 0 Å². The largest absolute Gasteiger partial charge is 0.372 e. The predicted molar refractivity (Wildman–Crippen MR) is 104 cm³/mol. The van der Waals surface area contributed by atoms with Crippen LogP contribution in [0.2, 0.25) is 0 Å². The molecule has 6 nitrogen and oxygen atoms in total. The monoisotopic (exact) mass is 355 g/mol. The lowest BCUT2D eigenvalue weighted by molar-refractivity contribution is -0.126. The quantitative estimate of drug-likeness (QED) is 0.865. The minimum absolute atomic E-state index is 0.0160. The van der Waals surface area contributed by atoms with Crippen molar-refractivity contribution in [3.05, 3.63) is 48.0 Å². The average Bonchev–Trinajstić information content (AvgIpc) is 3.27. The molecule has 2 heterocycles. The summed E-state index contributed by atoms with van der Waals surface area (Å²) in [5.41, 5.74) is 3.26. The minimum Gasteiger partial charge on any atom is -0.372 e. The second-order valence-electron chi connectivity index (χ2n) is 7.31. The van der Waals surface area contributed by atoms with E-state index in [1.807, 2.05) is 37.5 Å². The fraction of sp³-hybridized carbons (Fsp3) is 0.500. The fourth-order valence-corrected chi connectivity index (χ4v) is 3.61. The van der Waals surface area contributed by atoms with E-state index in [0.29, 0.717) is 0 Å². The summed E-state index contributed by atoms with van der Waals surface area (Å²) in [7, 11) is 5.74. The summed E-state index contributed by atoms with van der Waals surface area (Å²) in [4.78, 5) is 21.4. The van der Waals surface area contributed by atoms with E-state index in [2.05, 4.69) is 39.5 Å². The third-order valence-corrected chi connectivity index (χ3v) is 5.10. The predicted octanol–water partition coefficient (Wildman–Crippen LogP) is 2.50. The Morgan fingerprint density at radius 3 is 2.62 bits per heavy atom. The Hall–Kier alpha value is -2.34. The lowest BCUT2D eigenvalue weighted by atomic mass is 10.1. The summed E-state index contributed by atoms with van der Waals surface area (Å²) in [6, 6.07) is 8.09. The van der Waals surface area contributed by atoms with Crippen molar-refractivity contribution in [2.24, 2.45) is 7.05 Å². The number of amides is 1. The highest BCUT2D eigenvalue weighted by molar-refractivity contribution is 5.83. The highest BCUT2D eigenvalue weighted by Crippen LogP contribution is 2.25. The van der Waals surface area contributed by atoms with E-state index in [1.165, 1.54) is 18.5 Å². The lowest BCUT2D eigenvalue weighted by Gasteiger charge is -2.26. The van der Waals surface area contributed by atoms with Crippen molar-refractivity contribution in [3.8, 4) is 0 Å². The first-order chi connectivity index (χ1) is 12.5. The molecule has 1 aromatic carbocycles. The number of nitrogens with one attached hydrogen (secondary N) is 1. The van der Waals surface area contributed by atoms with Gasteiger partial charge in [0.25, 0.3) is 0 Å². The van der Waals surface area contributed by atoms with Crippen molar-refractivity contribution in [2.45, 2.75) is 31.8 Å². The van der Waals surface area contributed by atoms with Gasteiger partial charge in [0.15, 0.2) is 0 Å². The average molecular weight is 355 g/mol. The second kappa shape index (κ2) is 7.91. The van der Waals surface area contributed by atoms with Gasteiger partial charge in [0.2, 0.25) is 5.91 Å². The molecule has 0 bridgehead atoms. The third-order valence-electron chi connectivity index (χ3n) is 5.10. The van der Waals surface area contributed by atoms with Crippen LogP contribution in [0.1, 0.15) is 43.1 Å².